The first-order chi connectivity index (χ1) is 14.0. The first-order valence-corrected chi connectivity index (χ1v) is 9.27. The molecule has 8 nitrogen and oxygen atoms in total. The summed E-state index contributed by atoms with van der Waals surface area (Å²) in [5.74, 6) is -0.0238. The number of amides is 1. The molecule has 0 fully saturated rings. The van der Waals surface area contributed by atoms with Crippen LogP contribution in [0.15, 0.2) is 45.9 Å². The third-order valence-corrected chi connectivity index (χ3v) is 5.03. The molecule has 0 bridgehead atoms. The van der Waals surface area contributed by atoms with Crippen LogP contribution in [0, 0.1) is 20.8 Å². The Labute approximate surface area is 166 Å². The van der Waals surface area contributed by atoms with E-state index in [0.717, 1.165) is 22.5 Å². The van der Waals surface area contributed by atoms with Crippen molar-refractivity contribution in [2.45, 2.75) is 33.9 Å². The Morgan fingerprint density at radius 3 is 2.72 bits per heavy atom. The van der Waals surface area contributed by atoms with Gasteiger partial charge in [-0.2, -0.15) is 5.10 Å². The van der Waals surface area contributed by atoms with E-state index in [2.05, 4.69) is 32.5 Å². The molecule has 3 heterocycles. The van der Waals surface area contributed by atoms with Crippen LogP contribution in [0.4, 0.5) is 0 Å². The highest BCUT2D eigenvalue weighted by molar-refractivity contribution is 6.06. The van der Waals surface area contributed by atoms with Gasteiger partial charge in [0.05, 0.1) is 24.1 Å². The van der Waals surface area contributed by atoms with Gasteiger partial charge in [0.25, 0.3) is 11.5 Å². The zero-order valence-corrected chi connectivity index (χ0v) is 16.4. The van der Waals surface area contributed by atoms with Gasteiger partial charge in [-0.25, -0.2) is 4.98 Å². The molecule has 4 rings (SSSR count). The predicted octanol–water partition coefficient (Wildman–Crippen LogP) is 2.62. The summed E-state index contributed by atoms with van der Waals surface area (Å²) in [5.41, 5.74) is 3.90. The minimum absolute atomic E-state index is 0.152. The monoisotopic (exact) mass is 391 g/mol. The molecule has 2 N–H and O–H groups in total. The molecule has 0 aliphatic rings. The zero-order valence-electron chi connectivity index (χ0n) is 16.4. The number of hydrogen-bond donors (Lipinski definition) is 2. The van der Waals surface area contributed by atoms with Gasteiger partial charge in [0.1, 0.15) is 11.1 Å². The Bertz CT molecular complexity index is 1250. The van der Waals surface area contributed by atoms with Crippen LogP contribution in [0.3, 0.4) is 0 Å². The Hall–Kier alpha value is -3.68. The van der Waals surface area contributed by atoms with E-state index >= 15 is 0 Å². The van der Waals surface area contributed by atoms with Crippen molar-refractivity contribution < 1.29 is 9.21 Å². The minimum Gasteiger partial charge on any atom is -0.442 e. The molecule has 0 saturated carbocycles. The van der Waals surface area contributed by atoms with Crippen LogP contribution in [-0.4, -0.2) is 25.7 Å². The van der Waals surface area contributed by atoms with E-state index in [4.69, 9.17) is 4.42 Å². The van der Waals surface area contributed by atoms with Gasteiger partial charge in [-0.3, -0.25) is 14.3 Å². The molecule has 0 spiro atoms. The molecule has 29 heavy (non-hydrogen) atoms. The highest BCUT2D eigenvalue weighted by atomic mass is 16.3. The number of aryl methyl sites for hydroxylation is 2. The van der Waals surface area contributed by atoms with E-state index in [0.29, 0.717) is 18.8 Å². The molecule has 3 aromatic heterocycles. The predicted molar refractivity (Wildman–Crippen MR) is 108 cm³/mol. The first-order valence-electron chi connectivity index (χ1n) is 9.27. The molecule has 1 amide bonds. The van der Waals surface area contributed by atoms with Crippen molar-refractivity contribution in [2.75, 3.05) is 0 Å². The van der Waals surface area contributed by atoms with E-state index in [1.54, 1.807) is 6.92 Å². The Morgan fingerprint density at radius 1 is 1.21 bits per heavy atom. The third kappa shape index (κ3) is 3.44. The summed E-state index contributed by atoms with van der Waals surface area (Å²) >= 11 is 0. The Morgan fingerprint density at radius 2 is 1.97 bits per heavy atom. The van der Waals surface area contributed by atoms with Gasteiger partial charge in [-0.15, -0.1) is 0 Å². The molecule has 0 unspecified atom stereocenters. The summed E-state index contributed by atoms with van der Waals surface area (Å²) in [5, 5.41) is 7.66. The second-order valence-corrected chi connectivity index (χ2v) is 6.92. The van der Waals surface area contributed by atoms with Gasteiger partial charge in [-0.1, -0.05) is 30.3 Å². The second-order valence-electron chi connectivity index (χ2n) is 6.92. The summed E-state index contributed by atoms with van der Waals surface area (Å²) in [7, 11) is 0. The number of benzene rings is 1. The lowest BCUT2D eigenvalue weighted by Gasteiger charge is -2.07. The van der Waals surface area contributed by atoms with Crippen molar-refractivity contribution in [1.29, 1.82) is 0 Å². The highest BCUT2D eigenvalue weighted by Gasteiger charge is 2.22. The fourth-order valence-electron chi connectivity index (χ4n) is 3.48. The number of fused-ring (bicyclic) bond motifs is 1. The molecule has 0 saturated heterocycles. The second kappa shape index (κ2) is 7.38. The van der Waals surface area contributed by atoms with E-state index in [-0.39, 0.29) is 22.6 Å². The van der Waals surface area contributed by atoms with E-state index in [1.807, 2.05) is 36.7 Å². The third-order valence-electron chi connectivity index (χ3n) is 5.03. The number of nitrogens with one attached hydrogen (secondary N) is 2. The summed E-state index contributed by atoms with van der Waals surface area (Å²) in [6.45, 7) is 6.51. The van der Waals surface area contributed by atoms with Crippen LogP contribution >= 0.6 is 0 Å². The van der Waals surface area contributed by atoms with Crippen molar-refractivity contribution in [2.24, 2.45) is 0 Å². The maximum atomic E-state index is 12.8. The number of aromatic amines is 1. The number of carbonyl (C=O) groups excluding carboxylic acids is 1. The molecule has 0 aliphatic heterocycles. The van der Waals surface area contributed by atoms with Gasteiger partial charge in [0.2, 0.25) is 5.71 Å². The topological polar surface area (TPSA) is 106 Å². The molecule has 1 aromatic carbocycles. The SMILES string of the molecule is Cc1nn(Cc2ccccc2)c(C)c1CNC(=O)c1c(C)oc2nc[nH]c(=O)c12. The smallest absolute Gasteiger partial charge is 0.262 e. The fourth-order valence-corrected chi connectivity index (χ4v) is 3.48. The average Bonchev–Trinajstić information content (AvgIpc) is 3.17. The summed E-state index contributed by atoms with van der Waals surface area (Å²) in [4.78, 5) is 31.4. The lowest BCUT2D eigenvalue weighted by Crippen LogP contribution is -2.25. The van der Waals surface area contributed by atoms with Crippen LogP contribution in [-0.2, 0) is 13.1 Å². The van der Waals surface area contributed by atoms with Gasteiger partial charge in [0, 0.05) is 17.8 Å². The number of hydrogen-bond acceptors (Lipinski definition) is 5. The van der Waals surface area contributed by atoms with Crippen molar-refractivity contribution >= 4 is 17.0 Å². The molecule has 4 aromatic rings. The molecule has 148 valence electrons. The zero-order chi connectivity index (χ0) is 20.5. The molecular formula is C21H21N5O3. The lowest BCUT2D eigenvalue weighted by molar-refractivity contribution is 0.0950. The standard InChI is InChI=1S/C21H21N5O3/c1-12-16(13(2)26(25-12)10-15-7-5-4-6-8-15)9-22-19(27)17-14(3)29-21-18(17)20(28)23-11-24-21/h4-8,11H,9-10H2,1-3H3,(H,22,27)(H,23,24,28). The maximum Gasteiger partial charge on any atom is 0.262 e. The molecule has 0 atom stereocenters. The highest BCUT2D eigenvalue weighted by Crippen LogP contribution is 2.21. The van der Waals surface area contributed by atoms with Gasteiger partial charge in [0.15, 0.2) is 0 Å². The first kappa shape index (κ1) is 18.7. The number of nitrogens with zero attached hydrogens (tertiary/aromatic N) is 3. The quantitative estimate of drug-likeness (QED) is 0.544. The van der Waals surface area contributed by atoms with E-state index in [1.165, 1.54) is 6.33 Å². The van der Waals surface area contributed by atoms with Gasteiger partial charge >= 0.3 is 0 Å². The van der Waals surface area contributed by atoms with Crippen molar-refractivity contribution in [3.8, 4) is 0 Å². The van der Waals surface area contributed by atoms with Crippen LogP contribution in [0.5, 0.6) is 0 Å². The van der Waals surface area contributed by atoms with Gasteiger partial charge in [-0.05, 0) is 26.3 Å². The largest absolute Gasteiger partial charge is 0.442 e. The van der Waals surface area contributed by atoms with Crippen LogP contribution in [0.2, 0.25) is 0 Å². The van der Waals surface area contributed by atoms with E-state index in [9.17, 15) is 9.59 Å². The molecule has 0 radical (unpaired) electrons. The number of furan rings is 1. The van der Waals surface area contributed by atoms with Crippen LogP contribution in [0.25, 0.3) is 11.1 Å². The average molecular weight is 391 g/mol. The number of aromatic nitrogens is 4. The van der Waals surface area contributed by atoms with E-state index < -0.39 is 5.56 Å². The summed E-state index contributed by atoms with van der Waals surface area (Å²) < 4.78 is 7.39. The minimum atomic E-state index is -0.403. The van der Waals surface area contributed by atoms with Crippen molar-refractivity contribution in [3.05, 3.63) is 80.9 Å². The molecular weight excluding hydrogens is 370 g/mol. The van der Waals surface area contributed by atoms with Crippen LogP contribution in [0.1, 0.15) is 38.6 Å². The number of H-pyrrole nitrogens is 1. The number of rotatable bonds is 5. The number of carbonyl (C=O) groups is 1. The summed E-state index contributed by atoms with van der Waals surface area (Å²) in [6.07, 6.45) is 1.25. The Balaban J connectivity index is 1.56. The maximum absolute atomic E-state index is 12.8. The normalized spacial score (nSPS) is 11.1. The van der Waals surface area contributed by atoms with Crippen LogP contribution < -0.4 is 10.9 Å². The Kier molecular flexibility index (Phi) is 4.75. The summed E-state index contributed by atoms with van der Waals surface area (Å²) in [6, 6.07) is 10.1. The van der Waals surface area contributed by atoms with Gasteiger partial charge < -0.3 is 14.7 Å². The lowest BCUT2D eigenvalue weighted by atomic mass is 10.1. The van der Waals surface area contributed by atoms with Crippen molar-refractivity contribution in [3.63, 3.8) is 0 Å². The molecule has 0 aliphatic carbocycles. The molecule has 8 heteroatoms. The fraction of sp³-hybridized carbons (Fsp3) is 0.238. The van der Waals surface area contributed by atoms with Crippen molar-refractivity contribution in [1.82, 2.24) is 25.1 Å².